The smallest absolute Gasteiger partial charge is 0.217 e. The van der Waals surface area contributed by atoms with Crippen molar-refractivity contribution < 1.29 is 4.79 Å². The fraction of sp³-hybridized carbons (Fsp3) is 0.471. The van der Waals surface area contributed by atoms with Crippen LogP contribution in [0.4, 0.5) is 5.13 Å². The first-order valence-electron chi connectivity index (χ1n) is 8.38. The minimum Gasteiger partial charge on any atom is -0.370 e. The lowest BCUT2D eigenvalue weighted by Crippen LogP contribution is -2.34. The summed E-state index contributed by atoms with van der Waals surface area (Å²) < 4.78 is 0. The second kappa shape index (κ2) is 9.53. The number of thiophene rings is 1. The van der Waals surface area contributed by atoms with Gasteiger partial charge in [-0.2, -0.15) is 4.99 Å². The predicted octanol–water partition coefficient (Wildman–Crippen LogP) is 3.48. The van der Waals surface area contributed by atoms with Crippen molar-refractivity contribution in [3.63, 3.8) is 0 Å². The molecule has 2 aromatic heterocycles. The minimum atomic E-state index is -0.0309. The van der Waals surface area contributed by atoms with Gasteiger partial charge in [0.05, 0.1) is 17.1 Å². The molecule has 1 amide bonds. The zero-order valence-corrected chi connectivity index (χ0v) is 16.5. The molecule has 0 unspecified atom stereocenters. The van der Waals surface area contributed by atoms with Gasteiger partial charge in [-0.3, -0.25) is 4.79 Å². The highest BCUT2D eigenvalue weighted by molar-refractivity contribution is 7.16. The Morgan fingerprint density at radius 2 is 2.08 bits per heavy atom. The Balaban J connectivity index is 1.97. The van der Waals surface area contributed by atoms with Crippen molar-refractivity contribution in [1.82, 2.24) is 15.6 Å². The first kappa shape index (κ1) is 19.4. The summed E-state index contributed by atoms with van der Waals surface area (Å²) in [6.07, 6.45) is 2.24. The number of nitrogens with one attached hydrogen (secondary N) is 2. The van der Waals surface area contributed by atoms with Crippen LogP contribution in [0.3, 0.4) is 0 Å². The molecule has 0 spiro atoms. The van der Waals surface area contributed by atoms with E-state index in [4.69, 9.17) is 5.73 Å². The third-order valence-corrected chi connectivity index (χ3v) is 5.70. The lowest BCUT2D eigenvalue weighted by molar-refractivity contribution is -0.119. The average Bonchev–Trinajstić information content (AvgIpc) is 3.23. The number of carbonyl (C=O) groups is 1. The van der Waals surface area contributed by atoms with Crippen LogP contribution in [0, 0.1) is 5.92 Å². The number of guanidine groups is 1. The van der Waals surface area contributed by atoms with Gasteiger partial charge in [0.25, 0.3) is 0 Å². The van der Waals surface area contributed by atoms with E-state index in [0.717, 1.165) is 34.8 Å². The lowest BCUT2D eigenvalue weighted by Gasteiger charge is -2.13. The summed E-state index contributed by atoms with van der Waals surface area (Å²) in [6.45, 7) is 7.25. The molecule has 0 fully saturated rings. The number of aliphatic imine (C=N–C) groups is 1. The molecule has 0 radical (unpaired) electrons. The first-order chi connectivity index (χ1) is 12.0. The van der Waals surface area contributed by atoms with Crippen LogP contribution in [-0.4, -0.2) is 23.4 Å². The number of hydrogen-bond acceptors (Lipinski definition) is 5. The van der Waals surface area contributed by atoms with Crippen molar-refractivity contribution in [3.05, 3.63) is 22.4 Å². The number of carbonyl (C=O) groups excluding carboxylic acids is 1. The highest BCUT2D eigenvalue weighted by Gasteiger charge is 2.09. The van der Waals surface area contributed by atoms with Crippen LogP contribution in [0.25, 0.3) is 10.6 Å². The van der Waals surface area contributed by atoms with Crippen LogP contribution in [-0.2, 0) is 11.3 Å². The van der Waals surface area contributed by atoms with E-state index in [1.54, 1.807) is 11.3 Å². The van der Waals surface area contributed by atoms with Gasteiger partial charge in [-0.15, -0.1) is 22.7 Å². The van der Waals surface area contributed by atoms with Crippen LogP contribution in [0.5, 0.6) is 0 Å². The SMILES string of the molecule is CCC(CC)CN/C(N)=N/c1nc(-c2ccc(CNC(C)=O)s2)cs1. The summed E-state index contributed by atoms with van der Waals surface area (Å²) in [6, 6.07) is 4.02. The third-order valence-electron chi connectivity index (χ3n) is 3.86. The summed E-state index contributed by atoms with van der Waals surface area (Å²) in [5.74, 6) is 0.982. The molecule has 0 aliphatic carbocycles. The van der Waals surface area contributed by atoms with Gasteiger partial charge in [-0.25, -0.2) is 4.98 Å². The highest BCUT2D eigenvalue weighted by Crippen LogP contribution is 2.31. The summed E-state index contributed by atoms with van der Waals surface area (Å²) in [5.41, 5.74) is 6.84. The predicted molar refractivity (Wildman–Crippen MR) is 106 cm³/mol. The normalized spacial score (nSPS) is 11.8. The molecule has 2 aromatic rings. The Morgan fingerprint density at radius 3 is 2.76 bits per heavy atom. The average molecular weight is 380 g/mol. The van der Waals surface area contributed by atoms with Gasteiger partial charge in [0.1, 0.15) is 0 Å². The van der Waals surface area contributed by atoms with E-state index in [1.165, 1.54) is 18.3 Å². The van der Waals surface area contributed by atoms with Crippen LogP contribution < -0.4 is 16.4 Å². The molecule has 6 nitrogen and oxygen atoms in total. The Bertz CT molecular complexity index is 718. The molecule has 8 heteroatoms. The maximum atomic E-state index is 11.0. The summed E-state index contributed by atoms with van der Waals surface area (Å²) in [5, 5.41) is 8.58. The lowest BCUT2D eigenvalue weighted by atomic mass is 10.0. The number of rotatable bonds is 8. The Labute approximate surface area is 156 Å². The molecule has 0 aliphatic rings. The van der Waals surface area contributed by atoms with E-state index in [1.807, 2.05) is 17.5 Å². The number of aromatic nitrogens is 1. The molecular weight excluding hydrogens is 354 g/mol. The molecule has 2 rings (SSSR count). The van der Waals surface area contributed by atoms with Crippen LogP contribution >= 0.6 is 22.7 Å². The monoisotopic (exact) mass is 379 g/mol. The first-order valence-corrected chi connectivity index (χ1v) is 10.1. The van der Waals surface area contributed by atoms with E-state index in [-0.39, 0.29) is 5.91 Å². The van der Waals surface area contributed by atoms with Crippen molar-refractivity contribution in [2.24, 2.45) is 16.6 Å². The largest absolute Gasteiger partial charge is 0.370 e. The molecule has 0 saturated carbocycles. The van der Waals surface area contributed by atoms with E-state index in [2.05, 4.69) is 34.5 Å². The van der Waals surface area contributed by atoms with Crippen molar-refractivity contribution in [1.29, 1.82) is 0 Å². The standard InChI is InChI=1S/C17H25N5OS2/c1-4-12(5-2)8-20-16(18)22-17-21-14(10-24-17)15-7-6-13(25-15)9-19-11(3)23/h6-7,10,12H,4-5,8-9H2,1-3H3,(H,19,23)(H3,18,20,21,22). The molecule has 25 heavy (non-hydrogen) atoms. The number of hydrogen-bond donors (Lipinski definition) is 3. The zero-order valence-electron chi connectivity index (χ0n) is 14.8. The molecule has 0 aliphatic heterocycles. The van der Waals surface area contributed by atoms with Gasteiger partial charge in [0, 0.05) is 23.7 Å². The molecule has 0 bridgehead atoms. The van der Waals surface area contributed by atoms with E-state index >= 15 is 0 Å². The van der Waals surface area contributed by atoms with Crippen LogP contribution in [0.2, 0.25) is 0 Å². The molecule has 136 valence electrons. The van der Waals surface area contributed by atoms with Crippen molar-refractivity contribution in [3.8, 4) is 10.6 Å². The van der Waals surface area contributed by atoms with Crippen molar-refractivity contribution in [2.45, 2.75) is 40.2 Å². The second-order valence-corrected chi connectivity index (χ2v) is 7.76. The molecule has 2 heterocycles. The fourth-order valence-electron chi connectivity index (χ4n) is 2.22. The second-order valence-electron chi connectivity index (χ2n) is 5.75. The van der Waals surface area contributed by atoms with E-state index in [0.29, 0.717) is 23.6 Å². The van der Waals surface area contributed by atoms with E-state index < -0.39 is 0 Å². The number of nitrogens with two attached hydrogens (primary N) is 1. The highest BCUT2D eigenvalue weighted by atomic mass is 32.1. The zero-order chi connectivity index (χ0) is 18.2. The summed E-state index contributed by atoms with van der Waals surface area (Å²) >= 11 is 3.08. The Morgan fingerprint density at radius 1 is 1.32 bits per heavy atom. The molecular formula is C17H25N5OS2. The van der Waals surface area contributed by atoms with Crippen molar-refractivity contribution in [2.75, 3.05) is 6.54 Å². The van der Waals surface area contributed by atoms with Gasteiger partial charge in [0.2, 0.25) is 11.0 Å². The molecule has 0 aromatic carbocycles. The topological polar surface area (TPSA) is 92.4 Å². The minimum absolute atomic E-state index is 0.0309. The summed E-state index contributed by atoms with van der Waals surface area (Å²) in [4.78, 5) is 22.0. The molecule has 0 atom stereocenters. The van der Waals surface area contributed by atoms with Crippen LogP contribution in [0.15, 0.2) is 22.5 Å². The van der Waals surface area contributed by atoms with Crippen molar-refractivity contribution >= 4 is 39.7 Å². The Hall–Kier alpha value is -1.93. The van der Waals surface area contributed by atoms with Gasteiger partial charge >= 0.3 is 0 Å². The molecule has 4 N–H and O–H groups in total. The maximum Gasteiger partial charge on any atom is 0.217 e. The fourth-order valence-corrected chi connectivity index (χ4v) is 3.90. The number of thiazole rings is 1. The van der Waals surface area contributed by atoms with Gasteiger partial charge in [-0.05, 0) is 18.1 Å². The van der Waals surface area contributed by atoms with Gasteiger partial charge in [0.15, 0.2) is 5.96 Å². The van der Waals surface area contributed by atoms with E-state index in [9.17, 15) is 4.79 Å². The summed E-state index contributed by atoms with van der Waals surface area (Å²) in [7, 11) is 0. The third kappa shape index (κ3) is 6.13. The maximum absolute atomic E-state index is 11.0. The van der Waals surface area contributed by atoms with Gasteiger partial charge in [-0.1, -0.05) is 26.7 Å². The van der Waals surface area contributed by atoms with Crippen LogP contribution in [0.1, 0.15) is 38.5 Å². The quantitative estimate of drug-likeness (QED) is 0.484. The van der Waals surface area contributed by atoms with Gasteiger partial charge < -0.3 is 16.4 Å². The molecule has 0 saturated heterocycles. The number of amides is 1. The number of nitrogens with zero attached hydrogens (tertiary/aromatic N) is 2. The Kier molecular flexibility index (Phi) is 7.39.